The maximum Gasteiger partial charge on any atom is 0.389 e. The molecular weight excluding hydrogens is 184 g/mol. The van der Waals surface area contributed by atoms with Gasteiger partial charge in [0.05, 0.1) is 5.69 Å². The number of hydrazine groups is 1. The Morgan fingerprint density at radius 1 is 1.00 bits per heavy atom. The molecule has 1 aromatic carbocycles. The number of anilines is 1. The molecule has 4 amide bonds. The van der Waals surface area contributed by atoms with Gasteiger partial charge >= 0.3 is 12.1 Å². The highest BCUT2D eigenvalue weighted by atomic mass is 16.2. The predicted octanol–water partition coefficient (Wildman–Crippen LogP) is 2.02. The van der Waals surface area contributed by atoms with Gasteiger partial charge in [-0.15, -0.1) is 5.01 Å². The Bertz CT molecular complexity index is 383. The van der Waals surface area contributed by atoms with Crippen molar-refractivity contribution >= 4 is 17.7 Å². The van der Waals surface area contributed by atoms with Crippen molar-refractivity contribution in [2.24, 2.45) is 10.2 Å². The van der Waals surface area contributed by atoms with Gasteiger partial charge in [0, 0.05) is 0 Å². The number of para-hydroxylation sites is 1. The summed E-state index contributed by atoms with van der Waals surface area (Å²) in [6.07, 6.45) is 0. The number of hydrogen-bond donors (Lipinski definition) is 1. The van der Waals surface area contributed by atoms with Crippen LogP contribution in [0, 0.1) is 0 Å². The molecule has 1 aliphatic heterocycles. The van der Waals surface area contributed by atoms with Gasteiger partial charge in [-0.05, 0) is 12.1 Å². The average molecular weight is 190 g/mol. The number of nitrogens with zero attached hydrogens (tertiary/aromatic N) is 3. The highest BCUT2D eigenvalue weighted by Crippen LogP contribution is 2.11. The van der Waals surface area contributed by atoms with Crippen molar-refractivity contribution in [1.29, 1.82) is 0 Å². The number of rotatable bonds is 2. The summed E-state index contributed by atoms with van der Waals surface area (Å²) in [6.45, 7) is 0. The fraction of sp³-hybridized carbons (Fsp3) is 0. The zero-order chi connectivity index (χ0) is 9.97. The van der Waals surface area contributed by atoms with Gasteiger partial charge in [-0.2, -0.15) is 0 Å². The first-order valence-electron chi connectivity index (χ1n) is 3.89. The minimum Gasteiger partial charge on any atom is -0.286 e. The fourth-order valence-electron chi connectivity index (χ4n) is 0.994. The van der Waals surface area contributed by atoms with Crippen LogP contribution < -0.4 is 5.43 Å². The first-order valence-corrected chi connectivity index (χ1v) is 3.89. The molecular formula is C8H6N4O2. The molecule has 1 aliphatic rings. The van der Waals surface area contributed by atoms with Crippen molar-refractivity contribution in [3.63, 3.8) is 0 Å². The lowest BCUT2D eigenvalue weighted by Crippen LogP contribution is -2.33. The summed E-state index contributed by atoms with van der Waals surface area (Å²) in [5.41, 5.74) is 3.21. The number of nitrogens with one attached hydrogen (secondary N) is 1. The third kappa shape index (κ3) is 1.45. The van der Waals surface area contributed by atoms with Gasteiger partial charge in [0.15, 0.2) is 0 Å². The lowest BCUT2D eigenvalue weighted by atomic mass is 10.3. The number of amides is 4. The van der Waals surface area contributed by atoms with E-state index in [-0.39, 0.29) is 0 Å². The van der Waals surface area contributed by atoms with Crippen LogP contribution in [0.15, 0.2) is 40.6 Å². The molecule has 6 nitrogen and oxygen atoms in total. The van der Waals surface area contributed by atoms with Gasteiger partial charge in [-0.25, -0.2) is 9.59 Å². The molecule has 0 fully saturated rings. The quantitative estimate of drug-likeness (QED) is 0.775. The van der Waals surface area contributed by atoms with Crippen LogP contribution in [0.4, 0.5) is 15.3 Å². The van der Waals surface area contributed by atoms with E-state index in [1.165, 1.54) is 0 Å². The molecule has 0 aromatic heterocycles. The topological polar surface area (TPSA) is 74.1 Å². The summed E-state index contributed by atoms with van der Waals surface area (Å²) in [4.78, 5) is 21.9. The second-order valence-corrected chi connectivity index (χ2v) is 2.58. The normalized spacial score (nSPS) is 15.0. The Morgan fingerprint density at radius 2 is 1.57 bits per heavy atom. The summed E-state index contributed by atoms with van der Waals surface area (Å²) < 4.78 is 0. The number of azo groups is 1. The van der Waals surface area contributed by atoms with E-state index >= 15 is 0 Å². The van der Waals surface area contributed by atoms with E-state index in [4.69, 9.17) is 0 Å². The molecule has 0 saturated carbocycles. The van der Waals surface area contributed by atoms with Crippen LogP contribution in [-0.2, 0) is 0 Å². The van der Waals surface area contributed by atoms with E-state index < -0.39 is 12.1 Å². The molecule has 2 rings (SSSR count). The second-order valence-electron chi connectivity index (χ2n) is 2.58. The van der Waals surface area contributed by atoms with E-state index in [1.807, 2.05) is 6.07 Å². The molecule has 70 valence electrons. The number of carbonyl (C=O) groups excluding carboxylic acids is 2. The van der Waals surface area contributed by atoms with E-state index in [1.54, 1.807) is 24.3 Å². The zero-order valence-electron chi connectivity index (χ0n) is 7.04. The zero-order valence-corrected chi connectivity index (χ0v) is 7.04. The lowest BCUT2D eigenvalue weighted by Gasteiger charge is -2.12. The van der Waals surface area contributed by atoms with Gasteiger partial charge in [-0.3, -0.25) is 5.43 Å². The van der Waals surface area contributed by atoms with Crippen molar-refractivity contribution in [2.45, 2.75) is 0 Å². The van der Waals surface area contributed by atoms with E-state index in [2.05, 4.69) is 15.7 Å². The lowest BCUT2D eigenvalue weighted by molar-refractivity contribution is 0.213. The molecule has 0 radical (unpaired) electrons. The Labute approximate surface area is 79.2 Å². The molecule has 1 aromatic rings. The van der Waals surface area contributed by atoms with Crippen molar-refractivity contribution < 1.29 is 9.59 Å². The van der Waals surface area contributed by atoms with Crippen molar-refractivity contribution in [2.75, 3.05) is 5.43 Å². The highest BCUT2D eigenvalue weighted by Gasteiger charge is 2.27. The second kappa shape index (κ2) is 3.25. The molecule has 14 heavy (non-hydrogen) atoms. The molecule has 0 unspecified atom stereocenters. The summed E-state index contributed by atoms with van der Waals surface area (Å²) in [6, 6.07) is 7.41. The summed E-state index contributed by atoms with van der Waals surface area (Å²) in [5, 5.41) is 6.93. The van der Waals surface area contributed by atoms with Gasteiger partial charge in [0.2, 0.25) is 0 Å². The molecule has 1 N–H and O–H groups in total. The van der Waals surface area contributed by atoms with Crippen LogP contribution in [0.5, 0.6) is 0 Å². The van der Waals surface area contributed by atoms with Crippen molar-refractivity contribution in [3.05, 3.63) is 30.3 Å². The van der Waals surface area contributed by atoms with Crippen LogP contribution in [0.25, 0.3) is 0 Å². The van der Waals surface area contributed by atoms with Crippen LogP contribution in [0.3, 0.4) is 0 Å². The largest absolute Gasteiger partial charge is 0.389 e. The Hall–Kier alpha value is -2.24. The number of benzene rings is 1. The molecule has 1 heterocycles. The molecule has 0 spiro atoms. The van der Waals surface area contributed by atoms with E-state index in [0.29, 0.717) is 5.69 Å². The minimum atomic E-state index is -0.709. The third-order valence-corrected chi connectivity index (χ3v) is 1.62. The SMILES string of the molecule is O=C1N=NC(=O)N1Nc1ccccc1. The maximum absolute atomic E-state index is 11.0. The van der Waals surface area contributed by atoms with Crippen LogP contribution in [0.2, 0.25) is 0 Å². The van der Waals surface area contributed by atoms with Crippen LogP contribution in [0.1, 0.15) is 0 Å². The highest BCUT2D eigenvalue weighted by molar-refractivity contribution is 5.99. The van der Waals surface area contributed by atoms with Gasteiger partial charge in [0.1, 0.15) is 0 Å². The monoisotopic (exact) mass is 190 g/mol. The molecule has 0 aliphatic carbocycles. The smallest absolute Gasteiger partial charge is 0.286 e. The third-order valence-electron chi connectivity index (χ3n) is 1.62. The molecule has 0 bridgehead atoms. The van der Waals surface area contributed by atoms with Crippen LogP contribution in [-0.4, -0.2) is 17.1 Å². The average Bonchev–Trinajstić information content (AvgIpc) is 2.51. The van der Waals surface area contributed by atoms with Crippen molar-refractivity contribution in [1.82, 2.24) is 5.01 Å². The van der Waals surface area contributed by atoms with Gasteiger partial charge in [0.25, 0.3) is 0 Å². The maximum atomic E-state index is 11.0. The number of carbonyl (C=O) groups is 2. The summed E-state index contributed by atoms with van der Waals surface area (Å²) >= 11 is 0. The predicted molar refractivity (Wildman–Crippen MR) is 47.6 cm³/mol. The fourth-order valence-corrected chi connectivity index (χ4v) is 0.994. The summed E-state index contributed by atoms with van der Waals surface area (Å²) in [5.74, 6) is 0. The first-order chi connectivity index (χ1) is 6.77. The number of urea groups is 2. The van der Waals surface area contributed by atoms with E-state index in [0.717, 1.165) is 5.01 Å². The van der Waals surface area contributed by atoms with E-state index in [9.17, 15) is 9.59 Å². The number of imide groups is 1. The molecule has 6 heteroatoms. The van der Waals surface area contributed by atoms with Gasteiger partial charge < -0.3 is 0 Å². The Balaban J connectivity index is 2.13. The first kappa shape index (κ1) is 8.36. The Morgan fingerprint density at radius 3 is 2.14 bits per heavy atom. The van der Waals surface area contributed by atoms with Gasteiger partial charge in [-0.1, -0.05) is 28.4 Å². The number of hydrogen-bond acceptors (Lipinski definition) is 3. The minimum absolute atomic E-state index is 0.626. The Kier molecular flexibility index (Phi) is 1.94. The van der Waals surface area contributed by atoms with Crippen molar-refractivity contribution in [3.8, 4) is 0 Å². The molecule has 0 saturated heterocycles. The summed E-state index contributed by atoms with van der Waals surface area (Å²) in [7, 11) is 0. The standard InChI is InChI=1S/C8H6N4O2/c13-7-9-10-8(14)12(7)11-6-4-2-1-3-5-6/h1-5,11H. The molecule has 0 atom stereocenters. The van der Waals surface area contributed by atoms with Crippen LogP contribution >= 0.6 is 0 Å².